The number of rotatable bonds is 4. The molecular formula is C39H23F6N. The average molecular weight is 620 g/mol. The fourth-order valence-electron chi connectivity index (χ4n) is 5.67. The predicted octanol–water partition coefficient (Wildman–Crippen LogP) is 12.1. The molecule has 0 bridgehead atoms. The Balaban J connectivity index is 1.13. The standard InChI is InChI=1S/C39H23F6N/c40-38(41,42)35-20-33(21-36(22-35)39(43,44)45)26-9-5-24(6-10-26)28-13-15-31-18-29(14-16-30(31)17-28)25-7-11-27(12-8-25)34-19-32-3-1-2-4-37(32)46-23-34/h1-23H. The zero-order valence-corrected chi connectivity index (χ0v) is 24.0. The van der Waals surface area contributed by atoms with Gasteiger partial charge in [0, 0.05) is 17.1 Å². The molecule has 7 aromatic rings. The molecule has 0 N–H and O–H groups in total. The number of para-hydroxylation sites is 1. The molecule has 1 aromatic heterocycles. The third-order valence-corrected chi connectivity index (χ3v) is 8.12. The van der Waals surface area contributed by atoms with Crippen LogP contribution in [0.2, 0.25) is 0 Å². The molecule has 0 radical (unpaired) electrons. The van der Waals surface area contributed by atoms with E-state index in [2.05, 4.69) is 41.4 Å². The van der Waals surface area contributed by atoms with E-state index in [9.17, 15) is 26.3 Å². The lowest BCUT2D eigenvalue weighted by Gasteiger charge is -2.14. The maximum Gasteiger partial charge on any atom is 0.416 e. The minimum absolute atomic E-state index is 0.136. The van der Waals surface area contributed by atoms with Crippen molar-refractivity contribution in [3.05, 3.63) is 151 Å². The Bertz CT molecular complexity index is 2180. The molecule has 0 saturated heterocycles. The number of nitrogens with zero attached hydrogens (tertiary/aromatic N) is 1. The van der Waals surface area contributed by atoms with Gasteiger partial charge in [0.1, 0.15) is 0 Å². The molecule has 1 nitrogen and oxygen atoms in total. The SMILES string of the molecule is FC(F)(F)c1cc(-c2ccc(-c3ccc4cc(-c5ccc(-c6cnc7ccccc7c6)cc5)ccc4c3)cc2)cc(C(F)(F)F)c1. The number of pyridine rings is 1. The number of hydrogen-bond donors (Lipinski definition) is 0. The van der Waals surface area contributed by atoms with Crippen LogP contribution in [-0.4, -0.2) is 4.98 Å². The zero-order valence-electron chi connectivity index (χ0n) is 24.0. The molecule has 226 valence electrons. The van der Waals surface area contributed by atoms with Crippen molar-refractivity contribution >= 4 is 21.7 Å². The van der Waals surface area contributed by atoms with E-state index < -0.39 is 23.5 Å². The van der Waals surface area contributed by atoms with E-state index >= 15 is 0 Å². The van der Waals surface area contributed by atoms with Gasteiger partial charge in [-0.1, -0.05) is 91.0 Å². The van der Waals surface area contributed by atoms with Crippen LogP contribution in [0.3, 0.4) is 0 Å². The summed E-state index contributed by atoms with van der Waals surface area (Å²) in [6.07, 6.45) is -7.92. The van der Waals surface area contributed by atoms with Gasteiger partial charge in [0.25, 0.3) is 0 Å². The fourth-order valence-corrected chi connectivity index (χ4v) is 5.67. The minimum atomic E-state index is -4.90. The van der Waals surface area contributed by atoms with Crippen molar-refractivity contribution in [3.8, 4) is 44.5 Å². The smallest absolute Gasteiger partial charge is 0.256 e. The summed E-state index contributed by atoms with van der Waals surface area (Å²) in [5, 5.41) is 3.12. The van der Waals surface area contributed by atoms with Crippen LogP contribution in [0.1, 0.15) is 11.1 Å². The topological polar surface area (TPSA) is 12.9 Å². The van der Waals surface area contributed by atoms with Gasteiger partial charge in [0.05, 0.1) is 16.6 Å². The second kappa shape index (κ2) is 11.2. The minimum Gasteiger partial charge on any atom is -0.256 e. The van der Waals surface area contributed by atoms with Crippen LogP contribution < -0.4 is 0 Å². The largest absolute Gasteiger partial charge is 0.416 e. The molecular weight excluding hydrogens is 596 g/mol. The predicted molar refractivity (Wildman–Crippen MR) is 171 cm³/mol. The maximum atomic E-state index is 13.3. The molecule has 0 spiro atoms. The molecule has 0 atom stereocenters. The Hall–Kier alpha value is -5.43. The van der Waals surface area contributed by atoms with Gasteiger partial charge in [-0.15, -0.1) is 0 Å². The highest BCUT2D eigenvalue weighted by Crippen LogP contribution is 2.39. The first-order valence-electron chi connectivity index (χ1n) is 14.4. The lowest BCUT2D eigenvalue weighted by molar-refractivity contribution is -0.143. The molecule has 7 rings (SSSR count). The summed E-state index contributed by atoms with van der Waals surface area (Å²) >= 11 is 0. The number of hydrogen-bond acceptors (Lipinski definition) is 1. The molecule has 46 heavy (non-hydrogen) atoms. The Morgan fingerprint density at radius 1 is 0.348 bits per heavy atom. The number of alkyl halides is 6. The Morgan fingerprint density at radius 3 is 1.26 bits per heavy atom. The van der Waals surface area contributed by atoms with E-state index in [1.807, 2.05) is 60.8 Å². The van der Waals surface area contributed by atoms with E-state index in [1.54, 1.807) is 12.1 Å². The molecule has 0 saturated carbocycles. The number of fused-ring (bicyclic) bond motifs is 2. The number of benzene rings is 6. The van der Waals surface area contributed by atoms with E-state index in [-0.39, 0.29) is 17.2 Å². The third kappa shape index (κ3) is 5.84. The summed E-state index contributed by atoms with van der Waals surface area (Å²) in [5.74, 6) is 0. The molecule has 0 fully saturated rings. The van der Waals surface area contributed by atoms with Gasteiger partial charge in [-0.05, 0) is 92.2 Å². The van der Waals surface area contributed by atoms with Gasteiger partial charge in [0.15, 0.2) is 0 Å². The summed E-state index contributed by atoms with van der Waals surface area (Å²) in [6, 6.07) is 38.7. The fraction of sp³-hybridized carbons (Fsp3) is 0.0513. The molecule has 0 unspecified atom stereocenters. The Kier molecular flexibility index (Phi) is 7.12. The van der Waals surface area contributed by atoms with Crippen molar-refractivity contribution in [2.24, 2.45) is 0 Å². The van der Waals surface area contributed by atoms with E-state index in [4.69, 9.17) is 0 Å². The highest BCUT2D eigenvalue weighted by Gasteiger charge is 2.37. The lowest BCUT2D eigenvalue weighted by atomic mass is 9.95. The average Bonchev–Trinajstić information content (AvgIpc) is 3.07. The molecule has 0 aliphatic carbocycles. The van der Waals surface area contributed by atoms with Gasteiger partial charge in [0.2, 0.25) is 0 Å². The number of halogens is 6. The van der Waals surface area contributed by atoms with Gasteiger partial charge in [-0.2, -0.15) is 26.3 Å². The monoisotopic (exact) mass is 619 g/mol. The van der Waals surface area contributed by atoms with Crippen molar-refractivity contribution in [1.82, 2.24) is 4.98 Å². The van der Waals surface area contributed by atoms with E-state index in [1.165, 1.54) is 12.1 Å². The second-order valence-electron chi connectivity index (χ2n) is 11.1. The highest BCUT2D eigenvalue weighted by atomic mass is 19.4. The van der Waals surface area contributed by atoms with Crippen LogP contribution in [0.4, 0.5) is 26.3 Å². The zero-order chi connectivity index (χ0) is 32.1. The summed E-state index contributed by atoms with van der Waals surface area (Å²) in [5.41, 5.74) is 4.30. The van der Waals surface area contributed by atoms with Gasteiger partial charge in [-0.3, -0.25) is 4.98 Å². The summed E-state index contributed by atoms with van der Waals surface area (Å²) in [4.78, 5) is 4.57. The normalized spacial score (nSPS) is 12.1. The third-order valence-electron chi connectivity index (χ3n) is 8.12. The summed E-state index contributed by atoms with van der Waals surface area (Å²) < 4.78 is 80.0. The van der Waals surface area contributed by atoms with E-state index in [0.717, 1.165) is 67.2 Å². The van der Waals surface area contributed by atoms with Crippen molar-refractivity contribution in [2.45, 2.75) is 12.4 Å². The maximum absolute atomic E-state index is 13.3. The van der Waals surface area contributed by atoms with Crippen LogP contribution in [0.5, 0.6) is 0 Å². The Morgan fingerprint density at radius 2 is 0.761 bits per heavy atom. The first kappa shape index (κ1) is 29.3. The summed E-state index contributed by atoms with van der Waals surface area (Å²) in [6.45, 7) is 0. The van der Waals surface area contributed by atoms with Crippen molar-refractivity contribution < 1.29 is 26.3 Å². The Labute approximate surface area is 260 Å². The molecule has 0 amide bonds. The molecule has 1 heterocycles. The molecule has 0 aliphatic heterocycles. The second-order valence-corrected chi connectivity index (χ2v) is 11.1. The molecule has 0 aliphatic rings. The molecule has 6 aromatic carbocycles. The van der Waals surface area contributed by atoms with Crippen molar-refractivity contribution in [1.29, 1.82) is 0 Å². The van der Waals surface area contributed by atoms with Crippen molar-refractivity contribution in [2.75, 3.05) is 0 Å². The van der Waals surface area contributed by atoms with Crippen LogP contribution in [0.25, 0.3) is 66.2 Å². The van der Waals surface area contributed by atoms with Crippen LogP contribution in [0, 0.1) is 0 Å². The first-order valence-corrected chi connectivity index (χ1v) is 14.4. The van der Waals surface area contributed by atoms with Crippen molar-refractivity contribution in [3.63, 3.8) is 0 Å². The number of aromatic nitrogens is 1. The lowest BCUT2D eigenvalue weighted by Crippen LogP contribution is -2.11. The van der Waals surface area contributed by atoms with Crippen LogP contribution in [-0.2, 0) is 12.4 Å². The van der Waals surface area contributed by atoms with Gasteiger partial charge in [-0.25, -0.2) is 0 Å². The van der Waals surface area contributed by atoms with E-state index in [0.29, 0.717) is 0 Å². The van der Waals surface area contributed by atoms with Gasteiger partial charge < -0.3 is 0 Å². The van der Waals surface area contributed by atoms with Crippen LogP contribution >= 0.6 is 0 Å². The summed E-state index contributed by atoms with van der Waals surface area (Å²) in [7, 11) is 0. The first-order chi connectivity index (χ1) is 22.0. The molecule has 7 heteroatoms. The quantitative estimate of drug-likeness (QED) is 0.179. The van der Waals surface area contributed by atoms with Gasteiger partial charge >= 0.3 is 12.4 Å². The highest BCUT2D eigenvalue weighted by molar-refractivity contribution is 5.91. The van der Waals surface area contributed by atoms with Crippen LogP contribution in [0.15, 0.2) is 140 Å².